The summed E-state index contributed by atoms with van der Waals surface area (Å²) < 4.78 is 1.52. The lowest BCUT2D eigenvalue weighted by molar-refractivity contribution is 0.875. The Balaban J connectivity index is 2.48. The molecule has 0 aliphatic heterocycles. The molecule has 0 spiro atoms. The van der Waals surface area contributed by atoms with Gasteiger partial charge in [0.15, 0.2) is 5.65 Å². The predicted octanol–water partition coefficient (Wildman–Crippen LogP) is 1.08. The van der Waals surface area contributed by atoms with Gasteiger partial charge in [-0.15, -0.1) is 17.7 Å². The Morgan fingerprint density at radius 3 is 2.89 bits per heavy atom. The summed E-state index contributed by atoms with van der Waals surface area (Å²) in [4.78, 5) is 8.45. The Kier molecular flexibility index (Phi) is 2.28. The van der Waals surface area contributed by atoms with Crippen LogP contribution in [0.4, 0.5) is 0 Å². The third-order valence-corrected chi connectivity index (χ3v) is 2.84. The van der Waals surface area contributed by atoms with E-state index in [2.05, 4.69) is 40.3 Å². The fourth-order valence-corrected chi connectivity index (χ4v) is 2.07. The van der Waals surface area contributed by atoms with E-state index in [4.69, 9.17) is 0 Å². The molecule has 0 atom stereocenters. The molecule has 0 aliphatic rings. The largest absolute Gasteiger partial charge is 0.256 e. The molecule has 3 heterocycles. The predicted molar refractivity (Wildman–Crippen MR) is 68.9 cm³/mol. The lowest BCUT2D eigenvalue weighted by Gasteiger charge is -1.96. The SMILES string of the molecule is C=c1c(C#N)c(-c2ccccn2)c2nc(S)nn12. The van der Waals surface area contributed by atoms with Gasteiger partial charge in [0, 0.05) is 6.20 Å². The number of pyridine rings is 1. The molecule has 0 saturated heterocycles. The molecule has 3 aromatic heterocycles. The van der Waals surface area contributed by atoms with E-state index in [-0.39, 0.29) is 0 Å². The van der Waals surface area contributed by atoms with Crippen molar-refractivity contribution in [1.29, 1.82) is 5.26 Å². The summed E-state index contributed by atoms with van der Waals surface area (Å²) in [5.41, 5.74) is 2.32. The first kappa shape index (κ1) is 10.7. The molecule has 0 saturated carbocycles. The highest BCUT2D eigenvalue weighted by Crippen LogP contribution is 2.24. The van der Waals surface area contributed by atoms with Gasteiger partial charge < -0.3 is 0 Å². The number of nitriles is 1. The standard InChI is InChI=1S/C12H7N5S/c1-7-8(6-13)10(9-4-2-3-5-14-9)11-15-12(18)16-17(7)11/h2-5H,1H2,(H,16,18). The summed E-state index contributed by atoms with van der Waals surface area (Å²) in [6.07, 6.45) is 1.67. The molecule has 6 heteroatoms. The third kappa shape index (κ3) is 1.38. The molecule has 3 rings (SSSR count). The number of fused-ring (bicyclic) bond motifs is 1. The fourth-order valence-electron chi connectivity index (χ4n) is 1.89. The summed E-state index contributed by atoms with van der Waals surface area (Å²) in [6, 6.07) is 7.62. The zero-order chi connectivity index (χ0) is 12.7. The van der Waals surface area contributed by atoms with E-state index < -0.39 is 0 Å². The van der Waals surface area contributed by atoms with Crippen molar-refractivity contribution in [2.75, 3.05) is 0 Å². The molecule has 0 N–H and O–H groups in total. The number of hydrogen-bond donors (Lipinski definition) is 1. The van der Waals surface area contributed by atoms with Crippen molar-refractivity contribution >= 4 is 24.9 Å². The summed E-state index contributed by atoms with van der Waals surface area (Å²) >= 11 is 4.11. The molecule has 3 aromatic rings. The van der Waals surface area contributed by atoms with Gasteiger partial charge in [0.25, 0.3) is 0 Å². The minimum atomic E-state index is 0.344. The van der Waals surface area contributed by atoms with Crippen LogP contribution in [-0.4, -0.2) is 19.6 Å². The van der Waals surface area contributed by atoms with Crippen LogP contribution < -0.4 is 5.35 Å². The van der Waals surface area contributed by atoms with Crippen LogP contribution in [0.1, 0.15) is 5.56 Å². The first-order chi connectivity index (χ1) is 8.72. The Morgan fingerprint density at radius 2 is 2.22 bits per heavy atom. The Morgan fingerprint density at radius 1 is 1.39 bits per heavy atom. The number of rotatable bonds is 1. The summed E-state index contributed by atoms with van der Waals surface area (Å²) in [5.74, 6) is 0. The second kappa shape index (κ2) is 3.82. The maximum absolute atomic E-state index is 9.24. The Hall–Kier alpha value is -2.39. The van der Waals surface area contributed by atoms with Crippen LogP contribution in [0.15, 0.2) is 29.6 Å². The highest BCUT2D eigenvalue weighted by molar-refractivity contribution is 7.80. The average Bonchev–Trinajstić information content (AvgIpc) is 2.87. The normalized spacial score (nSPS) is 10.7. The topological polar surface area (TPSA) is 66.9 Å². The van der Waals surface area contributed by atoms with Crippen LogP contribution in [0.2, 0.25) is 0 Å². The molecular formula is C12H7N5S. The summed E-state index contributed by atoms with van der Waals surface area (Å²) in [5, 5.41) is 14.2. The van der Waals surface area contributed by atoms with Crippen LogP contribution in [0, 0.1) is 11.3 Å². The monoisotopic (exact) mass is 253 g/mol. The van der Waals surface area contributed by atoms with Gasteiger partial charge in [-0.1, -0.05) is 12.6 Å². The molecule has 0 bridgehead atoms. The first-order valence-electron chi connectivity index (χ1n) is 5.14. The second-order valence-corrected chi connectivity index (χ2v) is 4.07. The minimum Gasteiger partial charge on any atom is -0.256 e. The third-order valence-electron chi connectivity index (χ3n) is 2.65. The number of hydrogen-bond acceptors (Lipinski definition) is 5. The van der Waals surface area contributed by atoms with Crippen molar-refractivity contribution in [1.82, 2.24) is 19.6 Å². The molecule has 18 heavy (non-hydrogen) atoms. The Labute approximate surface area is 108 Å². The smallest absolute Gasteiger partial charge is 0.206 e. The van der Waals surface area contributed by atoms with E-state index >= 15 is 0 Å². The minimum absolute atomic E-state index is 0.344. The van der Waals surface area contributed by atoms with Crippen LogP contribution in [0.25, 0.3) is 23.5 Å². The van der Waals surface area contributed by atoms with E-state index in [1.54, 1.807) is 6.20 Å². The van der Waals surface area contributed by atoms with Crippen LogP contribution >= 0.6 is 12.6 Å². The molecule has 0 fully saturated rings. The maximum atomic E-state index is 9.24. The average molecular weight is 253 g/mol. The lowest BCUT2D eigenvalue weighted by atomic mass is 10.1. The highest BCUT2D eigenvalue weighted by atomic mass is 32.1. The van der Waals surface area contributed by atoms with Crippen molar-refractivity contribution in [3.05, 3.63) is 35.3 Å². The van der Waals surface area contributed by atoms with Gasteiger partial charge in [0.2, 0.25) is 5.16 Å². The lowest BCUT2D eigenvalue weighted by Crippen LogP contribution is -2.10. The fraction of sp³-hybridized carbons (Fsp3) is 0. The molecule has 5 nitrogen and oxygen atoms in total. The van der Waals surface area contributed by atoms with E-state index in [1.807, 2.05) is 18.2 Å². The van der Waals surface area contributed by atoms with E-state index in [0.29, 0.717) is 33.0 Å². The zero-order valence-corrected chi connectivity index (χ0v) is 10.1. The summed E-state index contributed by atoms with van der Waals surface area (Å²) in [7, 11) is 0. The number of nitrogens with zero attached hydrogens (tertiary/aromatic N) is 5. The molecule has 0 aliphatic carbocycles. The quantitative estimate of drug-likeness (QED) is 0.659. The first-order valence-corrected chi connectivity index (χ1v) is 5.59. The van der Waals surface area contributed by atoms with Gasteiger partial charge in [0.1, 0.15) is 6.07 Å². The molecule has 0 aromatic carbocycles. The molecule has 0 radical (unpaired) electrons. The van der Waals surface area contributed by atoms with Gasteiger partial charge >= 0.3 is 0 Å². The van der Waals surface area contributed by atoms with E-state index in [1.165, 1.54) is 4.52 Å². The van der Waals surface area contributed by atoms with E-state index in [0.717, 1.165) is 0 Å². The van der Waals surface area contributed by atoms with E-state index in [9.17, 15) is 5.26 Å². The summed E-state index contributed by atoms with van der Waals surface area (Å²) in [6.45, 7) is 3.86. The number of thiol groups is 1. The molecular weight excluding hydrogens is 246 g/mol. The van der Waals surface area contributed by atoms with Crippen molar-refractivity contribution in [3.8, 4) is 17.3 Å². The van der Waals surface area contributed by atoms with Gasteiger partial charge in [0.05, 0.1) is 22.2 Å². The number of aromatic nitrogens is 4. The zero-order valence-electron chi connectivity index (χ0n) is 9.20. The van der Waals surface area contributed by atoms with Crippen LogP contribution in [-0.2, 0) is 0 Å². The highest BCUT2D eigenvalue weighted by Gasteiger charge is 2.19. The molecule has 0 unspecified atom stereocenters. The molecule has 0 amide bonds. The molecule has 86 valence electrons. The van der Waals surface area contributed by atoms with Crippen molar-refractivity contribution in [2.24, 2.45) is 0 Å². The van der Waals surface area contributed by atoms with Crippen molar-refractivity contribution in [2.45, 2.75) is 5.16 Å². The van der Waals surface area contributed by atoms with Gasteiger partial charge in [-0.3, -0.25) is 4.98 Å². The van der Waals surface area contributed by atoms with Crippen molar-refractivity contribution < 1.29 is 0 Å². The van der Waals surface area contributed by atoms with Gasteiger partial charge in [-0.2, -0.15) is 5.26 Å². The Bertz CT molecular complexity index is 816. The van der Waals surface area contributed by atoms with Gasteiger partial charge in [-0.25, -0.2) is 9.50 Å². The van der Waals surface area contributed by atoms with Crippen LogP contribution in [0.5, 0.6) is 0 Å². The van der Waals surface area contributed by atoms with Crippen LogP contribution in [0.3, 0.4) is 0 Å². The second-order valence-electron chi connectivity index (χ2n) is 3.67. The maximum Gasteiger partial charge on any atom is 0.206 e. The van der Waals surface area contributed by atoms with Gasteiger partial charge in [-0.05, 0) is 12.1 Å². The van der Waals surface area contributed by atoms with Crippen molar-refractivity contribution in [3.63, 3.8) is 0 Å².